The largest absolute Gasteiger partial charge is 0.397 e. The topological polar surface area (TPSA) is 74.7 Å². The number of benzene rings is 1. The van der Waals surface area contributed by atoms with Crippen LogP contribution in [0.1, 0.15) is 5.56 Å². The van der Waals surface area contributed by atoms with E-state index in [0.717, 1.165) is 0 Å². The van der Waals surface area contributed by atoms with E-state index in [-0.39, 0.29) is 0 Å². The van der Waals surface area contributed by atoms with Crippen molar-refractivity contribution >= 4 is 28.8 Å². The Kier molecular flexibility index (Phi) is 3.12. The van der Waals surface area contributed by atoms with Crippen LogP contribution < -0.4 is 11.1 Å². The maximum Gasteiger partial charge on any atom is 0.130 e. The lowest BCUT2D eigenvalue weighted by atomic mass is 10.2. The van der Waals surface area contributed by atoms with Gasteiger partial charge in [-0.2, -0.15) is 5.26 Å². The Hall–Kier alpha value is -2.25. The molecule has 0 atom stereocenters. The van der Waals surface area contributed by atoms with Gasteiger partial charge in [-0.25, -0.2) is 4.98 Å². The van der Waals surface area contributed by atoms with E-state index >= 15 is 0 Å². The van der Waals surface area contributed by atoms with E-state index in [2.05, 4.69) is 10.3 Å². The minimum absolute atomic E-state index is 0.509. The van der Waals surface area contributed by atoms with Crippen molar-refractivity contribution < 1.29 is 0 Å². The van der Waals surface area contributed by atoms with Gasteiger partial charge in [-0.1, -0.05) is 11.6 Å². The number of nitrogens with zero attached hydrogens (tertiary/aromatic N) is 2. The van der Waals surface area contributed by atoms with Crippen molar-refractivity contribution in [3.05, 3.63) is 47.1 Å². The molecule has 4 nitrogen and oxygen atoms in total. The lowest BCUT2D eigenvalue weighted by Crippen LogP contribution is -1.97. The molecule has 2 rings (SSSR count). The fraction of sp³-hybridized carbons (Fsp3) is 0. The molecule has 0 bridgehead atoms. The first-order chi connectivity index (χ1) is 8.19. The number of anilines is 3. The molecule has 17 heavy (non-hydrogen) atoms. The second-order valence-corrected chi connectivity index (χ2v) is 3.84. The van der Waals surface area contributed by atoms with Crippen molar-refractivity contribution in [3.8, 4) is 6.07 Å². The number of rotatable bonds is 2. The van der Waals surface area contributed by atoms with Crippen molar-refractivity contribution in [2.75, 3.05) is 11.1 Å². The van der Waals surface area contributed by atoms with E-state index in [1.165, 1.54) is 6.20 Å². The Morgan fingerprint density at radius 1 is 1.29 bits per heavy atom. The number of hydrogen-bond acceptors (Lipinski definition) is 4. The van der Waals surface area contributed by atoms with Crippen molar-refractivity contribution in [1.29, 1.82) is 5.26 Å². The van der Waals surface area contributed by atoms with Gasteiger partial charge in [0.2, 0.25) is 0 Å². The van der Waals surface area contributed by atoms with E-state index in [1.807, 2.05) is 6.07 Å². The molecular weight excluding hydrogens is 236 g/mol. The number of nitrogen functional groups attached to an aromatic ring is 1. The molecule has 1 aromatic carbocycles. The normalized spacial score (nSPS) is 9.65. The molecule has 0 amide bonds. The van der Waals surface area contributed by atoms with Gasteiger partial charge in [0.1, 0.15) is 11.9 Å². The molecule has 0 saturated heterocycles. The number of nitrogens with two attached hydrogens (primary N) is 1. The SMILES string of the molecule is N#Cc1ccc(Nc2cc(Cl)ccc2N)nc1. The van der Waals surface area contributed by atoms with Crippen LogP contribution in [0.25, 0.3) is 0 Å². The van der Waals surface area contributed by atoms with Crippen LogP contribution in [-0.4, -0.2) is 4.98 Å². The zero-order valence-electron chi connectivity index (χ0n) is 8.81. The van der Waals surface area contributed by atoms with Crippen LogP contribution in [0, 0.1) is 11.3 Å². The minimum atomic E-state index is 0.509. The fourth-order valence-corrected chi connectivity index (χ4v) is 1.48. The highest BCUT2D eigenvalue weighted by atomic mass is 35.5. The van der Waals surface area contributed by atoms with E-state index < -0.39 is 0 Å². The molecule has 0 aliphatic heterocycles. The molecular formula is C12H9ClN4. The van der Waals surface area contributed by atoms with Crippen LogP contribution in [0.3, 0.4) is 0 Å². The third-order valence-corrected chi connectivity index (χ3v) is 2.41. The highest BCUT2D eigenvalue weighted by Gasteiger charge is 2.01. The summed E-state index contributed by atoms with van der Waals surface area (Å²) in [5.41, 5.74) is 7.57. The number of pyridine rings is 1. The van der Waals surface area contributed by atoms with Crippen LogP contribution >= 0.6 is 11.6 Å². The summed E-state index contributed by atoms with van der Waals surface area (Å²) in [6, 6.07) is 10.5. The zero-order valence-corrected chi connectivity index (χ0v) is 9.57. The number of nitriles is 1. The Balaban J connectivity index is 2.25. The van der Waals surface area contributed by atoms with Crippen LogP contribution in [0.5, 0.6) is 0 Å². The lowest BCUT2D eigenvalue weighted by Gasteiger charge is -2.08. The summed E-state index contributed by atoms with van der Waals surface area (Å²) < 4.78 is 0. The smallest absolute Gasteiger partial charge is 0.130 e. The molecule has 2 aromatic rings. The molecule has 0 saturated carbocycles. The summed E-state index contributed by atoms with van der Waals surface area (Å²) >= 11 is 5.87. The first-order valence-electron chi connectivity index (χ1n) is 4.87. The van der Waals surface area contributed by atoms with E-state index in [9.17, 15) is 0 Å². The molecule has 1 heterocycles. The van der Waals surface area contributed by atoms with Gasteiger partial charge in [-0.15, -0.1) is 0 Å². The maximum atomic E-state index is 8.65. The molecule has 84 valence electrons. The molecule has 0 radical (unpaired) electrons. The summed E-state index contributed by atoms with van der Waals surface area (Å²) in [7, 11) is 0. The Labute approximate surface area is 104 Å². The lowest BCUT2D eigenvalue weighted by molar-refractivity contribution is 1.29. The number of aromatic nitrogens is 1. The van der Waals surface area contributed by atoms with Crippen LogP contribution in [0.2, 0.25) is 5.02 Å². The Morgan fingerprint density at radius 3 is 2.76 bits per heavy atom. The molecule has 0 aliphatic rings. The molecule has 1 aromatic heterocycles. The quantitative estimate of drug-likeness (QED) is 0.797. The van der Waals surface area contributed by atoms with Crippen molar-refractivity contribution in [2.45, 2.75) is 0 Å². The maximum absolute atomic E-state index is 8.65. The first kappa shape index (κ1) is 11.2. The second-order valence-electron chi connectivity index (χ2n) is 3.40. The highest BCUT2D eigenvalue weighted by Crippen LogP contribution is 2.25. The van der Waals surface area contributed by atoms with Gasteiger partial charge in [0.05, 0.1) is 16.9 Å². The van der Waals surface area contributed by atoms with Crippen LogP contribution in [0.4, 0.5) is 17.2 Å². The van der Waals surface area contributed by atoms with Gasteiger partial charge in [0, 0.05) is 11.2 Å². The standard InChI is InChI=1S/C12H9ClN4/c13-9-2-3-10(15)11(5-9)17-12-4-1-8(6-14)7-16-12/h1-5,7H,15H2,(H,16,17). The van der Waals surface area contributed by atoms with E-state index in [0.29, 0.717) is 27.8 Å². The molecule has 0 fully saturated rings. The van der Waals surface area contributed by atoms with Gasteiger partial charge in [0.25, 0.3) is 0 Å². The average Bonchev–Trinajstić information content (AvgIpc) is 2.35. The third-order valence-electron chi connectivity index (χ3n) is 2.17. The van der Waals surface area contributed by atoms with Crippen LogP contribution in [0.15, 0.2) is 36.5 Å². The molecule has 3 N–H and O–H groups in total. The van der Waals surface area contributed by atoms with Gasteiger partial charge < -0.3 is 11.1 Å². The van der Waals surface area contributed by atoms with E-state index in [4.69, 9.17) is 22.6 Å². The monoisotopic (exact) mass is 244 g/mol. The molecule has 5 heteroatoms. The second kappa shape index (κ2) is 4.73. The Morgan fingerprint density at radius 2 is 2.12 bits per heavy atom. The van der Waals surface area contributed by atoms with Crippen LogP contribution in [-0.2, 0) is 0 Å². The predicted octanol–water partition coefficient (Wildman–Crippen LogP) is 2.93. The van der Waals surface area contributed by atoms with Crippen molar-refractivity contribution in [2.24, 2.45) is 0 Å². The van der Waals surface area contributed by atoms with E-state index in [1.54, 1.807) is 30.3 Å². The van der Waals surface area contributed by atoms with Gasteiger partial charge in [-0.05, 0) is 30.3 Å². The minimum Gasteiger partial charge on any atom is -0.397 e. The van der Waals surface area contributed by atoms with Gasteiger partial charge in [0.15, 0.2) is 0 Å². The molecule has 0 aliphatic carbocycles. The number of halogens is 1. The van der Waals surface area contributed by atoms with Gasteiger partial charge >= 0.3 is 0 Å². The third kappa shape index (κ3) is 2.65. The van der Waals surface area contributed by atoms with Gasteiger partial charge in [-0.3, -0.25) is 0 Å². The summed E-state index contributed by atoms with van der Waals surface area (Å²) in [5.74, 6) is 0.609. The molecule has 0 spiro atoms. The number of nitrogens with one attached hydrogen (secondary N) is 1. The summed E-state index contributed by atoms with van der Waals surface area (Å²) in [6.45, 7) is 0. The predicted molar refractivity (Wildman–Crippen MR) is 68.1 cm³/mol. The number of hydrogen-bond donors (Lipinski definition) is 2. The summed E-state index contributed by atoms with van der Waals surface area (Å²) in [6.07, 6.45) is 1.49. The average molecular weight is 245 g/mol. The summed E-state index contributed by atoms with van der Waals surface area (Å²) in [5, 5.41) is 12.3. The highest BCUT2D eigenvalue weighted by molar-refractivity contribution is 6.31. The first-order valence-corrected chi connectivity index (χ1v) is 5.25. The fourth-order valence-electron chi connectivity index (χ4n) is 1.31. The zero-order chi connectivity index (χ0) is 12.3. The van der Waals surface area contributed by atoms with Crippen molar-refractivity contribution in [1.82, 2.24) is 4.98 Å². The summed E-state index contributed by atoms with van der Waals surface area (Å²) in [4.78, 5) is 4.08. The van der Waals surface area contributed by atoms with Crippen molar-refractivity contribution in [3.63, 3.8) is 0 Å². The Bertz CT molecular complexity index is 572. The molecule has 0 unspecified atom stereocenters.